The third kappa shape index (κ3) is 2.59. The van der Waals surface area contributed by atoms with E-state index in [0.29, 0.717) is 5.69 Å². The van der Waals surface area contributed by atoms with Crippen molar-refractivity contribution < 1.29 is 8.42 Å². The van der Waals surface area contributed by atoms with E-state index in [0.717, 1.165) is 12.8 Å². The maximum Gasteiger partial charge on any atom is 0.240 e. The Kier molecular flexibility index (Phi) is 3.08. The Bertz CT molecular complexity index is 544. The molecule has 6 heteroatoms. The topological polar surface area (TPSA) is 98.2 Å². The van der Waals surface area contributed by atoms with E-state index >= 15 is 0 Å². The summed E-state index contributed by atoms with van der Waals surface area (Å²) in [5.74, 6) is 0. The van der Waals surface area contributed by atoms with Crippen molar-refractivity contribution in [2.24, 2.45) is 5.14 Å². The molecule has 1 aliphatic rings. The van der Waals surface area contributed by atoms with Crippen LogP contribution in [0.25, 0.3) is 0 Å². The van der Waals surface area contributed by atoms with Crippen molar-refractivity contribution in [2.45, 2.75) is 23.8 Å². The monoisotopic (exact) mass is 253 g/mol. The van der Waals surface area contributed by atoms with Gasteiger partial charge in [-0.2, -0.15) is 0 Å². The van der Waals surface area contributed by atoms with E-state index in [2.05, 4.69) is 17.5 Å². The van der Waals surface area contributed by atoms with Gasteiger partial charge in [-0.25, -0.2) is 13.6 Å². The molecule has 0 saturated heterocycles. The maximum atomic E-state index is 11.3. The van der Waals surface area contributed by atoms with Crippen molar-refractivity contribution in [3.8, 4) is 0 Å². The van der Waals surface area contributed by atoms with Crippen LogP contribution in [-0.4, -0.2) is 14.5 Å². The molecular weight excluding hydrogens is 238 g/mol. The molecule has 0 atom stereocenters. The molecule has 0 radical (unpaired) electrons. The molecule has 0 bridgehead atoms. The zero-order valence-corrected chi connectivity index (χ0v) is 10.1. The molecule has 1 aromatic rings. The van der Waals surface area contributed by atoms with Crippen LogP contribution >= 0.6 is 0 Å². The average molecular weight is 253 g/mol. The van der Waals surface area contributed by atoms with Gasteiger partial charge in [0.2, 0.25) is 10.0 Å². The number of sulfonamides is 1. The first kappa shape index (κ1) is 11.9. The Morgan fingerprint density at radius 2 is 1.88 bits per heavy atom. The molecule has 17 heavy (non-hydrogen) atoms. The van der Waals surface area contributed by atoms with E-state index < -0.39 is 10.0 Å². The number of hydrogen-bond acceptors (Lipinski definition) is 4. The predicted octanol–water partition coefficient (Wildman–Crippen LogP) is 1.05. The van der Waals surface area contributed by atoms with Crippen LogP contribution in [0, 0.1) is 0 Å². The first-order valence-electron chi connectivity index (χ1n) is 5.31. The van der Waals surface area contributed by atoms with Crippen LogP contribution in [0.2, 0.25) is 0 Å². The Morgan fingerprint density at radius 1 is 1.24 bits per heavy atom. The number of nitrogens with one attached hydrogen (secondary N) is 1. The lowest BCUT2D eigenvalue weighted by molar-refractivity contribution is 0.598. The quantitative estimate of drug-likeness (QED) is 0.554. The Morgan fingerprint density at radius 3 is 2.47 bits per heavy atom. The highest BCUT2D eigenvalue weighted by atomic mass is 32.2. The standard InChI is InChI=1S/C11H15N3O2S/c12-11-9(14-8-4-1-2-5-8)6-3-7-10(11)17(13,15)16/h1-3,6-8,14H,4-5,12H2,(H2,13,15,16). The number of benzene rings is 1. The number of hydrogen-bond donors (Lipinski definition) is 3. The summed E-state index contributed by atoms with van der Waals surface area (Å²) in [6.45, 7) is 0. The first-order chi connectivity index (χ1) is 7.98. The van der Waals surface area contributed by atoms with Gasteiger partial charge in [-0.1, -0.05) is 18.2 Å². The van der Waals surface area contributed by atoms with Crippen LogP contribution in [0.15, 0.2) is 35.2 Å². The molecule has 2 rings (SSSR count). The summed E-state index contributed by atoms with van der Waals surface area (Å²) in [6, 6.07) is 5.05. The second-order valence-corrected chi connectivity index (χ2v) is 5.58. The van der Waals surface area contributed by atoms with Crippen LogP contribution in [-0.2, 0) is 10.0 Å². The van der Waals surface area contributed by atoms with Crippen molar-refractivity contribution >= 4 is 21.4 Å². The highest BCUT2D eigenvalue weighted by Gasteiger charge is 2.17. The minimum atomic E-state index is -3.77. The third-order valence-electron chi connectivity index (χ3n) is 2.74. The van der Waals surface area contributed by atoms with Crippen LogP contribution in [0.4, 0.5) is 11.4 Å². The van der Waals surface area contributed by atoms with Gasteiger partial charge in [0, 0.05) is 6.04 Å². The zero-order chi connectivity index (χ0) is 12.5. The molecule has 0 aromatic heterocycles. The van der Waals surface area contributed by atoms with Crippen molar-refractivity contribution in [3.05, 3.63) is 30.4 Å². The van der Waals surface area contributed by atoms with Crippen LogP contribution in [0.1, 0.15) is 12.8 Å². The average Bonchev–Trinajstić information content (AvgIpc) is 2.72. The molecule has 92 valence electrons. The van der Waals surface area contributed by atoms with Crippen molar-refractivity contribution in [2.75, 3.05) is 11.1 Å². The maximum absolute atomic E-state index is 11.3. The van der Waals surface area contributed by atoms with Gasteiger partial charge >= 0.3 is 0 Å². The summed E-state index contributed by atoms with van der Waals surface area (Å²) in [7, 11) is -3.77. The van der Waals surface area contributed by atoms with Crippen molar-refractivity contribution in [1.29, 1.82) is 0 Å². The molecule has 5 N–H and O–H groups in total. The van der Waals surface area contributed by atoms with Crippen LogP contribution < -0.4 is 16.2 Å². The third-order valence-corrected chi connectivity index (χ3v) is 3.71. The van der Waals surface area contributed by atoms with E-state index in [1.807, 2.05) is 0 Å². The fourth-order valence-electron chi connectivity index (χ4n) is 1.87. The second kappa shape index (κ2) is 4.38. The van der Waals surface area contributed by atoms with Gasteiger partial charge in [-0.15, -0.1) is 0 Å². The van der Waals surface area contributed by atoms with E-state index in [4.69, 9.17) is 10.9 Å². The number of nitrogens with two attached hydrogens (primary N) is 2. The lowest BCUT2D eigenvalue weighted by Crippen LogP contribution is -2.19. The normalized spacial score (nSPS) is 16.3. The van der Waals surface area contributed by atoms with E-state index in [9.17, 15) is 8.42 Å². The molecule has 1 aliphatic carbocycles. The van der Waals surface area contributed by atoms with E-state index in [1.165, 1.54) is 6.07 Å². The SMILES string of the molecule is Nc1c(NC2CC=CC2)cccc1S(N)(=O)=O. The van der Waals surface area contributed by atoms with Gasteiger partial charge in [0.25, 0.3) is 0 Å². The molecule has 1 aromatic carbocycles. The first-order valence-corrected chi connectivity index (χ1v) is 6.86. The number of primary sulfonamides is 1. The van der Waals surface area contributed by atoms with Crippen LogP contribution in [0.3, 0.4) is 0 Å². The number of rotatable bonds is 3. The fraction of sp³-hybridized carbons (Fsp3) is 0.273. The summed E-state index contributed by atoms with van der Waals surface area (Å²) in [6.07, 6.45) is 5.99. The molecule has 0 heterocycles. The molecule has 0 saturated carbocycles. The van der Waals surface area contributed by atoms with E-state index in [1.54, 1.807) is 12.1 Å². The molecular formula is C11H15N3O2S. The van der Waals surface area contributed by atoms with Crippen molar-refractivity contribution in [1.82, 2.24) is 0 Å². The molecule has 0 aliphatic heterocycles. The Labute approximate surface area is 101 Å². The minimum absolute atomic E-state index is 0.0338. The van der Waals surface area contributed by atoms with Crippen LogP contribution in [0.5, 0.6) is 0 Å². The van der Waals surface area contributed by atoms with Gasteiger partial charge in [-0.3, -0.25) is 0 Å². The van der Waals surface area contributed by atoms with Gasteiger partial charge in [0.1, 0.15) is 4.90 Å². The van der Waals surface area contributed by atoms with Gasteiger partial charge < -0.3 is 11.1 Å². The lowest BCUT2D eigenvalue weighted by Gasteiger charge is -2.16. The molecule has 0 spiro atoms. The smallest absolute Gasteiger partial charge is 0.240 e. The Hall–Kier alpha value is -1.53. The summed E-state index contributed by atoms with van der Waals surface area (Å²) < 4.78 is 22.6. The van der Waals surface area contributed by atoms with Gasteiger partial charge in [-0.05, 0) is 25.0 Å². The number of para-hydroxylation sites is 1. The summed E-state index contributed by atoms with van der Waals surface area (Å²) in [5.41, 5.74) is 6.60. The van der Waals surface area contributed by atoms with Gasteiger partial charge in [0.15, 0.2) is 0 Å². The minimum Gasteiger partial charge on any atom is -0.396 e. The lowest BCUT2D eigenvalue weighted by atomic mass is 10.2. The fourth-order valence-corrected chi connectivity index (χ4v) is 2.56. The molecule has 0 fully saturated rings. The van der Waals surface area contributed by atoms with Gasteiger partial charge in [0.05, 0.1) is 11.4 Å². The zero-order valence-electron chi connectivity index (χ0n) is 9.26. The molecule has 0 unspecified atom stereocenters. The summed E-state index contributed by atoms with van der Waals surface area (Å²) in [5, 5.41) is 8.30. The molecule has 0 amide bonds. The number of anilines is 2. The van der Waals surface area contributed by atoms with Crippen molar-refractivity contribution in [3.63, 3.8) is 0 Å². The highest BCUT2D eigenvalue weighted by Crippen LogP contribution is 2.27. The predicted molar refractivity (Wildman–Crippen MR) is 68.0 cm³/mol. The largest absolute Gasteiger partial charge is 0.396 e. The Balaban J connectivity index is 2.29. The second-order valence-electron chi connectivity index (χ2n) is 4.05. The molecule has 5 nitrogen and oxygen atoms in total. The highest BCUT2D eigenvalue weighted by molar-refractivity contribution is 7.89. The summed E-state index contributed by atoms with van der Waals surface area (Å²) in [4.78, 5) is -0.0338. The number of nitrogen functional groups attached to an aromatic ring is 1. The van der Waals surface area contributed by atoms with E-state index in [-0.39, 0.29) is 16.6 Å². The summed E-state index contributed by atoms with van der Waals surface area (Å²) >= 11 is 0.